The van der Waals surface area contributed by atoms with Gasteiger partial charge in [-0.1, -0.05) is 35.5 Å². The van der Waals surface area contributed by atoms with Gasteiger partial charge in [-0.15, -0.1) is 5.10 Å². The van der Waals surface area contributed by atoms with Crippen LogP contribution in [0.25, 0.3) is 0 Å². The standard InChI is InChI=1S/C13H15N3/c1-2-4-12(5-3-1)9-16-10-13(14-15-16)8-11-6-7-11/h1-5,10-11H,6-9H2. The van der Waals surface area contributed by atoms with Gasteiger partial charge in [0.25, 0.3) is 0 Å². The van der Waals surface area contributed by atoms with Crippen LogP contribution in [0.2, 0.25) is 0 Å². The van der Waals surface area contributed by atoms with Gasteiger partial charge in [0.1, 0.15) is 0 Å². The Morgan fingerprint density at radius 1 is 1.19 bits per heavy atom. The van der Waals surface area contributed by atoms with E-state index in [1.807, 2.05) is 10.7 Å². The van der Waals surface area contributed by atoms with E-state index in [2.05, 4.69) is 40.8 Å². The van der Waals surface area contributed by atoms with E-state index in [9.17, 15) is 0 Å². The topological polar surface area (TPSA) is 30.7 Å². The predicted molar refractivity (Wildman–Crippen MR) is 62.0 cm³/mol. The van der Waals surface area contributed by atoms with Crippen LogP contribution in [0, 0.1) is 5.92 Å². The molecule has 1 aromatic heterocycles. The van der Waals surface area contributed by atoms with Crippen molar-refractivity contribution in [1.29, 1.82) is 0 Å². The molecular formula is C13H15N3. The van der Waals surface area contributed by atoms with E-state index in [1.165, 1.54) is 18.4 Å². The van der Waals surface area contributed by atoms with Gasteiger partial charge in [0.15, 0.2) is 0 Å². The second-order valence-electron chi connectivity index (χ2n) is 4.54. The zero-order valence-electron chi connectivity index (χ0n) is 9.21. The molecule has 1 saturated carbocycles. The summed E-state index contributed by atoms with van der Waals surface area (Å²) in [6.07, 6.45) is 5.91. The number of hydrogen-bond acceptors (Lipinski definition) is 2. The number of rotatable bonds is 4. The third-order valence-corrected chi connectivity index (χ3v) is 2.97. The van der Waals surface area contributed by atoms with Crippen LogP contribution >= 0.6 is 0 Å². The molecule has 0 N–H and O–H groups in total. The summed E-state index contributed by atoms with van der Waals surface area (Å²) in [7, 11) is 0. The van der Waals surface area contributed by atoms with E-state index in [0.29, 0.717) is 0 Å². The fourth-order valence-corrected chi connectivity index (χ4v) is 1.90. The molecule has 1 aromatic carbocycles. The average Bonchev–Trinajstić information content (AvgIpc) is 3.01. The first-order valence-corrected chi connectivity index (χ1v) is 5.83. The Morgan fingerprint density at radius 3 is 2.75 bits per heavy atom. The van der Waals surface area contributed by atoms with Crippen molar-refractivity contribution < 1.29 is 0 Å². The molecule has 0 radical (unpaired) electrons. The van der Waals surface area contributed by atoms with Crippen molar-refractivity contribution in [2.75, 3.05) is 0 Å². The van der Waals surface area contributed by atoms with Crippen LogP contribution in [0.1, 0.15) is 24.1 Å². The maximum absolute atomic E-state index is 4.21. The highest BCUT2D eigenvalue weighted by Crippen LogP contribution is 2.31. The molecule has 1 aliphatic rings. The molecule has 0 bridgehead atoms. The van der Waals surface area contributed by atoms with E-state index in [0.717, 1.165) is 24.6 Å². The van der Waals surface area contributed by atoms with E-state index in [1.54, 1.807) is 0 Å². The number of aromatic nitrogens is 3. The van der Waals surface area contributed by atoms with Crippen molar-refractivity contribution in [3.05, 3.63) is 47.8 Å². The Hall–Kier alpha value is -1.64. The molecule has 1 aliphatic carbocycles. The molecule has 3 rings (SSSR count). The maximum Gasteiger partial charge on any atom is 0.0830 e. The van der Waals surface area contributed by atoms with Gasteiger partial charge in [-0.3, -0.25) is 0 Å². The van der Waals surface area contributed by atoms with E-state index in [-0.39, 0.29) is 0 Å². The first-order chi connectivity index (χ1) is 7.90. The maximum atomic E-state index is 4.21. The van der Waals surface area contributed by atoms with Crippen LogP contribution in [0.5, 0.6) is 0 Å². The van der Waals surface area contributed by atoms with Crippen LogP contribution in [-0.4, -0.2) is 15.0 Å². The second-order valence-corrected chi connectivity index (χ2v) is 4.54. The Balaban J connectivity index is 1.67. The largest absolute Gasteiger partial charge is 0.248 e. The molecule has 1 heterocycles. The number of benzene rings is 1. The van der Waals surface area contributed by atoms with E-state index < -0.39 is 0 Å². The zero-order chi connectivity index (χ0) is 10.8. The van der Waals surface area contributed by atoms with Crippen molar-refractivity contribution in [3.8, 4) is 0 Å². The van der Waals surface area contributed by atoms with Crippen molar-refractivity contribution in [1.82, 2.24) is 15.0 Å². The highest BCUT2D eigenvalue weighted by Gasteiger charge is 2.22. The van der Waals surface area contributed by atoms with Crippen LogP contribution in [0.15, 0.2) is 36.5 Å². The normalized spacial score (nSPS) is 15.2. The minimum atomic E-state index is 0.818. The summed E-state index contributed by atoms with van der Waals surface area (Å²) in [5.41, 5.74) is 2.41. The molecule has 3 heteroatoms. The van der Waals surface area contributed by atoms with Crippen LogP contribution < -0.4 is 0 Å². The van der Waals surface area contributed by atoms with Crippen molar-refractivity contribution in [2.45, 2.75) is 25.8 Å². The summed E-state index contributed by atoms with van der Waals surface area (Å²) >= 11 is 0. The molecule has 1 fully saturated rings. The van der Waals surface area contributed by atoms with Gasteiger partial charge in [-0.2, -0.15) is 0 Å². The van der Waals surface area contributed by atoms with E-state index >= 15 is 0 Å². The lowest BCUT2D eigenvalue weighted by Gasteiger charge is -1.99. The molecular weight excluding hydrogens is 198 g/mol. The fourth-order valence-electron chi connectivity index (χ4n) is 1.90. The van der Waals surface area contributed by atoms with Crippen molar-refractivity contribution in [2.24, 2.45) is 5.92 Å². The molecule has 0 amide bonds. The molecule has 2 aromatic rings. The lowest BCUT2D eigenvalue weighted by molar-refractivity contribution is 0.649. The van der Waals surface area contributed by atoms with Crippen molar-refractivity contribution in [3.63, 3.8) is 0 Å². The Morgan fingerprint density at radius 2 is 2.00 bits per heavy atom. The summed E-state index contributed by atoms with van der Waals surface area (Å²) < 4.78 is 1.92. The lowest BCUT2D eigenvalue weighted by atomic mass is 10.2. The zero-order valence-corrected chi connectivity index (χ0v) is 9.21. The molecule has 0 atom stereocenters. The Labute approximate surface area is 95.1 Å². The molecule has 0 spiro atoms. The van der Waals surface area contributed by atoms with E-state index in [4.69, 9.17) is 0 Å². The minimum absolute atomic E-state index is 0.818. The summed E-state index contributed by atoms with van der Waals surface area (Å²) in [5.74, 6) is 0.877. The number of nitrogens with zero attached hydrogens (tertiary/aromatic N) is 3. The quantitative estimate of drug-likeness (QED) is 0.780. The van der Waals surface area contributed by atoms with Gasteiger partial charge >= 0.3 is 0 Å². The fraction of sp³-hybridized carbons (Fsp3) is 0.385. The predicted octanol–water partition coefficient (Wildman–Crippen LogP) is 2.28. The van der Waals surface area contributed by atoms with Gasteiger partial charge in [0.2, 0.25) is 0 Å². The highest BCUT2D eigenvalue weighted by molar-refractivity contribution is 5.15. The van der Waals surface area contributed by atoms with Crippen LogP contribution in [0.3, 0.4) is 0 Å². The van der Waals surface area contributed by atoms with Gasteiger partial charge in [-0.05, 0) is 30.7 Å². The monoisotopic (exact) mass is 213 g/mol. The molecule has 3 nitrogen and oxygen atoms in total. The van der Waals surface area contributed by atoms with Crippen LogP contribution in [0.4, 0.5) is 0 Å². The summed E-state index contributed by atoms with van der Waals surface area (Å²) in [4.78, 5) is 0. The Kier molecular flexibility index (Phi) is 2.44. The molecule has 0 aliphatic heterocycles. The first kappa shape index (κ1) is 9.58. The number of hydrogen-bond donors (Lipinski definition) is 0. The van der Waals surface area contributed by atoms with Crippen LogP contribution in [-0.2, 0) is 13.0 Å². The van der Waals surface area contributed by atoms with Gasteiger partial charge < -0.3 is 0 Å². The lowest BCUT2D eigenvalue weighted by Crippen LogP contribution is -1.99. The third-order valence-electron chi connectivity index (χ3n) is 2.97. The third kappa shape index (κ3) is 2.30. The summed E-state index contributed by atoms with van der Waals surface area (Å²) in [6, 6.07) is 10.4. The summed E-state index contributed by atoms with van der Waals surface area (Å²) in [5, 5.41) is 8.36. The smallest absolute Gasteiger partial charge is 0.0830 e. The minimum Gasteiger partial charge on any atom is -0.248 e. The SMILES string of the molecule is c1ccc(Cn2cc(CC3CC3)nn2)cc1. The van der Waals surface area contributed by atoms with Crippen molar-refractivity contribution >= 4 is 0 Å². The van der Waals surface area contributed by atoms with Gasteiger partial charge in [0, 0.05) is 6.20 Å². The summed E-state index contributed by atoms with van der Waals surface area (Å²) in [6.45, 7) is 0.818. The second kappa shape index (κ2) is 4.08. The molecule has 82 valence electrons. The molecule has 0 unspecified atom stereocenters. The average molecular weight is 213 g/mol. The first-order valence-electron chi connectivity index (χ1n) is 5.83. The van der Waals surface area contributed by atoms with Gasteiger partial charge in [-0.25, -0.2) is 4.68 Å². The van der Waals surface area contributed by atoms with Gasteiger partial charge in [0.05, 0.1) is 12.2 Å². The highest BCUT2D eigenvalue weighted by atomic mass is 15.4. The Bertz CT molecular complexity index is 457. The molecule has 0 saturated heterocycles. The molecule has 16 heavy (non-hydrogen) atoms.